The standard InChI is InChI=1S/C29H36N4O6S/c1-28(2,3)39-27(37)32-29(11-13-38-14-12-29)26(36)31-21(25(30)35)15-18-5-7-19(8-6-18)20-9-10-22-23(16-20)40-17-24(34)33(22)4/h5-10,16,21H,11-15,17H2,1-4H3,(H2,30,35)(H,31,36)(H,32,37)/t21-/m0/s1. The van der Waals surface area contributed by atoms with Gasteiger partial charge in [0.2, 0.25) is 17.7 Å². The van der Waals surface area contributed by atoms with Gasteiger partial charge in [0.1, 0.15) is 17.2 Å². The van der Waals surface area contributed by atoms with Crippen LogP contribution in [0.4, 0.5) is 10.5 Å². The molecule has 2 heterocycles. The van der Waals surface area contributed by atoms with Crippen LogP contribution in [0.2, 0.25) is 0 Å². The highest BCUT2D eigenvalue weighted by atomic mass is 32.2. The summed E-state index contributed by atoms with van der Waals surface area (Å²) in [7, 11) is 1.78. The van der Waals surface area contributed by atoms with Crippen LogP contribution in [-0.4, -0.2) is 67.0 Å². The Hall–Kier alpha value is -3.57. The van der Waals surface area contributed by atoms with Gasteiger partial charge in [0.25, 0.3) is 0 Å². The van der Waals surface area contributed by atoms with Gasteiger partial charge < -0.3 is 30.7 Å². The Bertz CT molecular complexity index is 1280. The number of nitrogens with two attached hydrogens (primary N) is 1. The lowest BCUT2D eigenvalue weighted by Gasteiger charge is -2.37. The Morgan fingerprint density at radius 1 is 1.10 bits per heavy atom. The van der Waals surface area contributed by atoms with Crippen molar-refractivity contribution in [3.8, 4) is 11.1 Å². The molecule has 0 aliphatic carbocycles. The lowest BCUT2D eigenvalue weighted by Crippen LogP contribution is -2.64. The van der Waals surface area contributed by atoms with Gasteiger partial charge >= 0.3 is 6.09 Å². The zero-order valence-corrected chi connectivity index (χ0v) is 24.1. The quantitative estimate of drug-likeness (QED) is 0.466. The number of rotatable bonds is 7. The van der Waals surface area contributed by atoms with Crippen molar-refractivity contribution in [3.05, 3.63) is 48.0 Å². The van der Waals surface area contributed by atoms with Gasteiger partial charge in [0, 0.05) is 44.4 Å². The number of amides is 4. The Morgan fingerprint density at radius 3 is 2.38 bits per heavy atom. The van der Waals surface area contributed by atoms with Gasteiger partial charge in [0.15, 0.2) is 0 Å². The summed E-state index contributed by atoms with van der Waals surface area (Å²) in [6.07, 6.45) is -0.0508. The molecule has 1 saturated heterocycles. The number of primary amides is 1. The van der Waals surface area contributed by atoms with E-state index in [0.717, 1.165) is 27.3 Å². The molecule has 1 atom stereocenters. The summed E-state index contributed by atoms with van der Waals surface area (Å²) in [5, 5.41) is 5.48. The highest BCUT2D eigenvalue weighted by Gasteiger charge is 2.43. The van der Waals surface area contributed by atoms with Crippen molar-refractivity contribution >= 4 is 41.3 Å². The van der Waals surface area contributed by atoms with Crippen molar-refractivity contribution < 1.29 is 28.7 Å². The maximum Gasteiger partial charge on any atom is 0.408 e. The van der Waals surface area contributed by atoms with E-state index in [1.807, 2.05) is 36.4 Å². The summed E-state index contributed by atoms with van der Waals surface area (Å²) in [4.78, 5) is 53.0. The minimum Gasteiger partial charge on any atom is -0.444 e. The molecule has 4 N–H and O–H groups in total. The first-order valence-corrected chi connectivity index (χ1v) is 14.2. The third kappa shape index (κ3) is 6.95. The van der Waals surface area contributed by atoms with Gasteiger partial charge in [-0.1, -0.05) is 30.3 Å². The molecule has 1 fully saturated rings. The Kier molecular flexibility index (Phi) is 8.74. The van der Waals surface area contributed by atoms with E-state index >= 15 is 0 Å². The minimum absolute atomic E-state index is 0.0778. The fourth-order valence-electron chi connectivity index (χ4n) is 4.67. The van der Waals surface area contributed by atoms with E-state index in [1.54, 1.807) is 32.7 Å². The summed E-state index contributed by atoms with van der Waals surface area (Å²) in [6.45, 7) is 5.77. The van der Waals surface area contributed by atoms with E-state index in [1.165, 1.54) is 11.8 Å². The lowest BCUT2D eigenvalue weighted by atomic mass is 9.88. The molecule has 11 heteroatoms. The van der Waals surface area contributed by atoms with Crippen LogP contribution < -0.4 is 21.3 Å². The van der Waals surface area contributed by atoms with Crippen molar-refractivity contribution in [3.63, 3.8) is 0 Å². The van der Waals surface area contributed by atoms with Crippen molar-refractivity contribution in [2.45, 2.75) is 62.1 Å². The van der Waals surface area contributed by atoms with Gasteiger partial charge in [-0.15, -0.1) is 11.8 Å². The highest BCUT2D eigenvalue weighted by Crippen LogP contribution is 2.37. The van der Waals surface area contributed by atoms with Crippen molar-refractivity contribution in [2.75, 3.05) is 30.9 Å². The smallest absolute Gasteiger partial charge is 0.408 e. The summed E-state index contributed by atoms with van der Waals surface area (Å²) in [5.74, 6) is -0.693. The molecule has 0 radical (unpaired) electrons. The van der Waals surface area contributed by atoms with Crippen molar-refractivity contribution in [1.29, 1.82) is 0 Å². The number of hydrogen-bond donors (Lipinski definition) is 3. The fourth-order valence-corrected chi connectivity index (χ4v) is 5.71. The van der Waals surface area contributed by atoms with Gasteiger partial charge in [-0.3, -0.25) is 14.4 Å². The van der Waals surface area contributed by atoms with E-state index in [4.69, 9.17) is 15.2 Å². The van der Waals surface area contributed by atoms with Gasteiger partial charge in [-0.25, -0.2) is 4.79 Å². The molecule has 214 valence electrons. The SMILES string of the molecule is CN1C(=O)CSc2cc(-c3ccc(C[C@H](NC(=O)C4(NC(=O)OC(C)(C)C)CCOCC4)C(N)=O)cc3)ccc21. The second kappa shape index (κ2) is 11.9. The number of benzene rings is 2. The molecule has 40 heavy (non-hydrogen) atoms. The number of carbonyl (C=O) groups is 4. The zero-order valence-electron chi connectivity index (χ0n) is 23.2. The first-order valence-electron chi connectivity index (χ1n) is 13.2. The molecule has 2 aromatic carbocycles. The average Bonchev–Trinajstić information content (AvgIpc) is 2.90. The molecule has 2 aromatic rings. The number of alkyl carbamates (subject to hydrolysis) is 1. The average molecular weight is 569 g/mol. The lowest BCUT2D eigenvalue weighted by molar-refractivity contribution is -0.135. The summed E-state index contributed by atoms with van der Waals surface area (Å²) in [6, 6.07) is 12.7. The monoisotopic (exact) mass is 568 g/mol. The van der Waals surface area contributed by atoms with E-state index in [0.29, 0.717) is 5.75 Å². The first-order chi connectivity index (χ1) is 18.9. The first kappa shape index (κ1) is 29.4. The number of nitrogens with one attached hydrogen (secondary N) is 2. The molecule has 2 aliphatic rings. The molecule has 4 rings (SSSR count). The molecule has 0 saturated carbocycles. The number of fused-ring (bicyclic) bond motifs is 1. The summed E-state index contributed by atoms with van der Waals surface area (Å²) in [5.41, 5.74) is 7.36. The topological polar surface area (TPSA) is 140 Å². The second-order valence-corrected chi connectivity index (χ2v) is 12.1. The predicted molar refractivity (Wildman–Crippen MR) is 153 cm³/mol. The Balaban J connectivity index is 1.46. The molecule has 0 unspecified atom stereocenters. The number of thioether (sulfide) groups is 1. The van der Waals surface area contributed by atoms with Crippen LogP contribution in [0.5, 0.6) is 0 Å². The molecular formula is C29H36N4O6S. The van der Waals surface area contributed by atoms with Crippen LogP contribution >= 0.6 is 11.8 Å². The van der Waals surface area contributed by atoms with Crippen LogP contribution in [0.25, 0.3) is 11.1 Å². The van der Waals surface area contributed by atoms with E-state index in [-0.39, 0.29) is 38.4 Å². The van der Waals surface area contributed by atoms with Crippen LogP contribution in [-0.2, 0) is 30.3 Å². The van der Waals surface area contributed by atoms with Crippen LogP contribution in [0, 0.1) is 0 Å². The van der Waals surface area contributed by atoms with Crippen LogP contribution in [0.3, 0.4) is 0 Å². The van der Waals surface area contributed by atoms with Crippen LogP contribution in [0.1, 0.15) is 39.2 Å². The van der Waals surface area contributed by atoms with Gasteiger partial charge in [0.05, 0.1) is 11.4 Å². The molecule has 0 aromatic heterocycles. The van der Waals surface area contributed by atoms with Gasteiger partial charge in [-0.05, 0) is 49.6 Å². The van der Waals surface area contributed by atoms with E-state index in [2.05, 4.69) is 16.7 Å². The number of nitrogens with zero attached hydrogens (tertiary/aromatic N) is 1. The largest absolute Gasteiger partial charge is 0.444 e. The van der Waals surface area contributed by atoms with Crippen molar-refractivity contribution in [1.82, 2.24) is 10.6 Å². The third-order valence-corrected chi connectivity index (χ3v) is 7.97. The normalized spacial score (nSPS) is 17.4. The highest BCUT2D eigenvalue weighted by molar-refractivity contribution is 8.00. The molecule has 10 nitrogen and oxygen atoms in total. The summed E-state index contributed by atoms with van der Waals surface area (Å²) >= 11 is 1.52. The number of ether oxygens (including phenoxy) is 2. The molecule has 4 amide bonds. The fraction of sp³-hybridized carbons (Fsp3) is 0.448. The Labute approximate surface area is 238 Å². The number of hydrogen-bond acceptors (Lipinski definition) is 7. The van der Waals surface area contributed by atoms with E-state index < -0.39 is 35.1 Å². The maximum absolute atomic E-state index is 13.5. The number of carbonyl (C=O) groups excluding carboxylic acids is 4. The molecule has 2 aliphatic heterocycles. The maximum atomic E-state index is 13.5. The molecular weight excluding hydrogens is 532 g/mol. The van der Waals surface area contributed by atoms with E-state index in [9.17, 15) is 19.2 Å². The van der Waals surface area contributed by atoms with Crippen LogP contribution in [0.15, 0.2) is 47.4 Å². The second-order valence-electron chi connectivity index (χ2n) is 11.1. The number of anilines is 1. The predicted octanol–water partition coefficient (Wildman–Crippen LogP) is 3.01. The molecule has 0 bridgehead atoms. The Morgan fingerprint density at radius 2 is 1.75 bits per heavy atom. The zero-order chi connectivity index (χ0) is 29.1. The molecule has 0 spiro atoms. The third-order valence-electron chi connectivity index (χ3n) is 6.94. The summed E-state index contributed by atoms with van der Waals surface area (Å²) < 4.78 is 10.8. The van der Waals surface area contributed by atoms with Crippen molar-refractivity contribution in [2.24, 2.45) is 5.73 Å². The minimum atomic E-state index is -1.28. The van der Waals surface area contributed by atoms with Gasteiger partial charge in [-0.2, -0.15) is 0 Å².